The predicted molar refractivity (Wildman–Crippen MR) is 89.2 cm³/mol. The Morgan fingerprint density at radius 2 is 1.92 bits per heavy atom. The summed E-state index contributed by atoms with van der Waals surface area (Å²) in [6.45, 7) is 3.84. The van der Waals surface area contributed by atoms with E-state index in [1.54, 1.807) is 12.1 Å². The lowest BCUT2D eigenvalue weighted by Gasteiger charge is -2.26. The Morgan fingerprint density at radius 3 is 2.52 bits per heavy atom. The van der Waals surface area contributed by atoms with Crippen LogP contribution in [0.5, 0.6) is 5.75 Å². The molecule has 6 heteroatoms. The van der Waals surface area contributed by atoms with Gasteiger partial charge in [-0.3, -0.25) is 0 Å². The topological polar surface area (TPSA) is 61.6 Å². The van der Waals surface area contributed by atoms with E-state index in [1.807, 2.05) is 13.8 Å². The zero-order chi connectivity index (χ0) is 18.4. The van der Waals surface area contributed by atoms with Gasteiger partial charge < -0.3 is 15.2 Å². The molecular weight excluding hydrogens is 328 g/mol. The summed E-state index contributed by atoms with van der Waals surface area (Å²) in [5.41, 5.74) is 6.88. The first kappa shape index (κ1) is 17.2. The first-order valence-electron chi connectivity index (χ1n) is 7.85. The summed E-state index contributed by atoms with van der Waals surface area (Å²) < 4.78 is 38.7. The van der Waals surface area contributed by atoms with E-state index in [4.69, 9.17) is 15.2 Å². The second-order valence-corrected chi connectivity index (χ2v) is 6.86. The smallest absolute Gasteiger partial charge is 0.405 e. The molecule has 1 aliphatic carbocycles. The van der Waals surface area contributed by atoms with Crippen molar-refractivity contribution in [3.8, 4) is 16.9 Å². The van der Waals surface area contributed by atoms with Crippen molar-refractivity contribution < 1.29 is 23.0 Å². The van der Waals surface area contributed by atoms with Crippen molar-refractivity contribution in [2.75, 3.05) is 7.11 Å². The monoisotopic (exact) mass is 347 g/mol. The molecule has 0 heterocycles. The highest BCUT2D eigenvalue weighted by molar-refractivity contribution is 5.68. The zero-order valence-corrected chi connectivity index (χ0v) is 14.2. The SMILES string of the molecule is COc1ccc(-c2cc3c(cc2F)[C@H](OC(N)=O)C(C)(C)C3)cc1F. The van der Waals surface area contributed by atoms with Crippen molar-refractivity contribution in [3.63, 3.8) is 0 Å². The molecule has 0 aromatic heterocycles. The van der Waals surface area contributed by atoms with E-state index >= 15 is 0 Å². The first-order valence-corrected chi connectivity index (χ1v) is 7.85. The van der Waals surface area contributed by atoms with Crippen LogP contribution in [0.15, 0.2) is 30.3 Å². The van der Waals surface area contributed by atoms with E-state index in [-0.39, 0.29) is 11.3 Å². The van der Waals surface area contributed by atoms with Crippen LogP contribution in [0.4, 0.5) is 13.6 Å². The molecule has 4 nitrogen and oxygen atoms in total. The molecule has 3 rings (SSSR count). The van der Waals surface area contributed by atoms with Crippen molar-refractivity contribution in [3.05, 3.63) is 53.1 Å². The number of rotatable bonds is 3. The van der Waals surface area contributed by atoms with Gasteiger partial charge in [-0.2, -0.15) is 0 Å². The summed E-state index contributed by atoms with van der Waals surface area (Å²) in [6.07, 6.45) is -0.921. The van der Waals surface area contributed by atoms with Gasteiger partial charge in [0.1, 0.15) is 11.9 Å². The maximum Gasteiger partial charge on any atom is 0.405 e. The highest BCUT2D eigenvalue weighted by atomic mass is 19.1. The number of carbonyl (C=O) groups is 1. The van der Waals surface area contributed by atoms with E-state index in [0.717, 1.165) is 5.56 Å². The molecular formula is C19H19F2NO3. The number of amides is 1. The van der Waals surface area contributed by atoms with Crippen molar-refractivity contribution in [2.45, 2.75) is 26.4 Å². The number of fused-ring (bicyclic) bond motifs is 1. The van der Waals surface area contributed by atoms with Gasteiger partial charge in [0.15, 0.2) is 11.6 Å². The van der Waals surface area contributed by atoms with Crippen LogP contribution in [0.3, 0.4) is 0 Å². The normalized spacial score (nSPS) is 17.9. The van der Waals surface area contributed by atoms with Crippen LogP contribution in [0.1, 0.15) is 31.1 Å². The number of primary amides is 1. The molecule has 1 aliphatic rings. The number of ether oxygens (including phenoxy) is 2. The summed E-state index contributed by atoms with van der Waals surface area (Å²) in [7, 11) is 1.37. The molecule has 2 aromatic rings. The summed E-state index contributed by atoms with van der Waals surface area (Å²) in [6, 6.07) is 7.32. The first-order chi connectivity index (χ1) is 11.7. The van der Waals surface area contributed by atoms with Crippen LogP contribution in [0, 0.1) is 17.0 Å². The van der Waals surface area contributed by atoms with Crippen LogP contribution in [-0.2, 0) is 11.2 Å². The maximum atomic E-state index is 14.7. The predicted octanol–water partition coefficient (Wildman–Crippen LogP) is 4.36. The van der Waals surface area contributed by atoms with Gasteiger partial charge in [0, 0.05) is 11.0 Å². The lowest BCUT2D eigenvalue weighted by molar-refractivity contribution is 0.0391. The number of carbonyl (C=O) groups excluding carboxylic acids is 1. The summed E-state index contributed by atoms with van der Waals surface area (Å²) in [4.78, 5) is 11.2. The lowest BCUT2D eigenvalue weighted by Crippen LogP contribution is -2.25. The Kier molecular flexibility index (Phi) is 4.14. The molecule has 0 unspecified atom stereocenters. The Hall–Kier alpha value is -2.63. The fourth-order valence-electron chi connectivity index (χ4n) is 3.43. The van der Waals surface area contributed by atoms with Gasteiger partial charge in [-0.25, -0.2) is 13.6 Å². The van der Waals surface area contributed by atoms with Crippen LogP contribution in [-0.4, -0.2) is 13.2 Å². The Bertz CT molecular complexity index is 849. The van der Waals surface area contributed by atoms with Gasteiger partial charge in [0.05, 0.1) is 7.11 Å². The minimum Gasteiger partial charge on any atom is -0.494 e. The Balaban J connectivity index is 2.07. The highest BCUT2D eigenvalue weighted by Gasteiger charge is 2.42. The van der Waals surface area contributed by atoms with E-state index in [1.165, 1.54) is 25.3 Å². The third kappa shape index (κ3) is 3.04. The minimum absolute atomic E-state index is 0.0985. The minimum atomic E-state index is -0.896. The summed E-state index contributed by atoms with van der Waals surface area (Å²) in [5.74, 6) is -0.976. The summed E-state index contributed by atoms with van der Waals surface area (Å²) >= 11 is 0. The van der Waals surface area contributed by atoms with Crippen molar-refractivity contribution in [2.24, 2.45) is 11.1 Å². The van der Waals surface area contributed by atoms with Crippen LogP contribution >= 0.6 is 0 Å². The van der Waals surface area contributed by atoms with E-state index < -0.39 is 29.2 Å². The van der Waals surface area contributed by atoms with Gasteiger partial charge in [-0.1, -0.05) is 19.9 Å². The third-order valence-corrected chi connectivity index (χ3v) is 4.56. The molecule has 0 fully saturated rings. The number of methoxy groups -OCH3 is 1. The zero-order valence-electron chi connectivity index (χ0n) is 14.2. The van der Waals surface area contributed by atoms with Gasteiger partial charge in [0.2, 0.25) is 0 Å². The number of halogens is 2. The van der Waals surface area contributed by atoms with E-state index in [2.05, 4.69) is 0 Å². The molecule has 1 amide bonds. The van der Waals surface area contributed by atoms with Crippen molar-refractivity contribution in [1.82, 2.24) is 0 Å². The molecule has 0 spiro atoms. The van der Waals surface area contributed by atoms with Gasteiger partial charge in [0.25, 0.3) is 0 Å². The molecule has 0 aliphatic heterocycles. The molecule has 25 heavy (non-hydrogen) atoms. The molecule has 0 radical (unpaired) electrons. The lowest BCUT2D eigenvalue weighted by atomic mass is 9.87. The van der Waals surface area contributed by atoms with Crippen LogP contribution in [0.25, 0.3) is 11.1 Å². The number of hydrogen-bond acceptors (Lipinski definition) is 3. The van der Waals surface area contributed by atoms with Crippen molar-refractivity contribution in [1.29, 1.82) is 0 Å². The molecule has 0 saturated heterocycles. The largest absolute Gasteiger partial charge is 0.494 e. The quantitative estimate of drug-likeness (QED) is 0.897. The second kappa shape index (κ2) is 6.02. The van der Waals surface area contributed by atoms with Gasteiger partial charge >= 0.3 is 6.09 Å². The molecule has 132 valence electrons. The Morgan fingerprint density at radius 1 is 1.20 bits per heavy atom. The fraction of sp³-hybridized carbons (Fsp3) is 0.316. The average Bonchev–Trinajstić information content (AvgIpc) is 2.76. The summed E-state index contributed by atoms with van der Waals surface area (Å²) in [5, 5.41) is 0. The van der Waals surface area contributed by atoms with Crippen molar-refractivity contribution >= 4 is 6.09 Å². The second-order valence-electron chi connectivity index (χ2n) is 6.86. The average molecular weight is 347 g/mol. The Labute approximate surface area is 144 Å². The number of benzene rings is 2. The standard InChI is InChI=1S/C19H19F2NO3/c1-19(2)9-11-6-12(10-4-5-16(24-3)15(21)7-10)14(20)8-13(11)17(19)25-18(22)23/h4-8,17H,9H2,1-3H3,(H2,22,23)/t17-/m0/s1. The molecule has 2 aromatic carbocycles. The van der Waals surface area contributed by atoms with E-state index in [0.29, 0.717) is 17.5 Å². The van der Waals surface area contributed by atoms with Crippen LogP contribution in [0.2, 0.25) is 0 Å². The van der Waals surface area contributed by atoms with Gasteiger partial charge in [-0.05, 0) is 47.4 Å². The third-order valence-electron chi connectivity index (χ3n) is 4.56. The van der Waals surface area contributed by atoms with Gasteiger partial charge in [-0.15, -0.1) is 0 Å². The molecule has 0 saturated carbocycles. The number of hydrogen-bond donors (Lipinski definition) is 1. The van der Waals surface area contributed by atoms with Crippen LogP contribution < -0.4 is 10.5 Å². The molecule has 0 bridgehead atoms. The fourth-order valence-corrected chi connectivity index (χ4v) is 3.43. The highest BCUT2D eigenvalue weighted by Crippen LogP contribution is 2.49. The number of nitrogens with two attached hydrogens (primary N) is 1. The molecule has 1 atom stereocenters. The maximum absolute atomic E-state index is 14.7. The molecule has 2 N–H and O–H groups in total. The van der Waals surface area contributed by atoms with E-state index in [9.17, 15) is 13.6 Å².